The summed E-state index contributed by atoms with van der Waals surface area (Å²) in [5.41, 5.74) is 6.20. The zero-order chi connectivity index (χ0) is 18.4. The lowest BCUT2D eigenvalue weighted by atomic mass is 9.87. The highest BCUT2D eigenvalue weighted by Gasteiger charge is 2.16. The molecule has 0 aliphatic carbocycles. The lowest BCUT2D eigenvalue weighted by Gasteiger charge is -2.16. The molecule has 0 atom stereocenters. The van der Waals surface area contributed by atoms with E-state index in [4.69, 9.17) is 0 Å². The molecule has 0 N–H and O–H groups in total. The monoisotopic (exact) mass is 342 g/mol. The summed E-state index contributed by atoms with van der Waals surface area (Å²) in [5, 5.41) is 0. The van der Waals surface area contributed by atoms with Crippen LogP contribution >= 0.6 is 0 Å². The number of benzene rings is 3. The number of carbonyl (C=O) groups excluding carboxylic acids is 2. The zero-order valence-electron chi connectivity index (χ0n) is 14.9. The number of rotatable bonds is 7. The molecule has 0 aromatic heterocycles. The fourth-order valence-corrected chi connectivity index (χ4v) is 3.40. The van der Waals surface area contributed by atoms with Gasteiger partial charge in [-0.05, 0) is 35.1 Å². The van der Waals surface area contributed by atoms with E-state index in [-0.39, 0.29) is 0 Å². The number of hydrogen-bond donors (Lipinski definition) is 0. The SMILES string of the molecule is CCCCc1ccccc1-c1ccccc1-c1c(C=O)cccc1C=O. The molecule has 0 fully saturated rings. The summed E-state index contributed by atoms with van der Waals surface area (Å²) < 4.78 is 0. The Morgan fingerprint density at radius 2 is 1.27 bits per heavy atom. The van der Waals surface area contributed by atoms with E-state index in [0.29, 0.717) is 16.7 Å². The largest absolute Gasteiger partial charge is 0.298 e. The molecule has 26 heavy (non-hydrogen) atoms. The minimum absolute atomic E-state index is 0.535. The Morgan fingerprint density at radius 1 is 0.692 bits per heavy atom. The Morgan fingerprint density at radius 3 is 1.88 bits per heavy atom. The summed E-state index contributed by atoms with van der Waals surface area (Å²) in [6.07, 6.45) is 4.92. The quantitative estimate of drug-likeness (QED) is 0.494. The average Bonchev–Trinajstić information content (AvgIpc) is 2.71. The third-order valence-corrected chi connectivity index (χ3v) is 4.69. The third-order valence-electron chi connectivity index (χ3n) is 4.69. The molecular formula is C24H22O2. The first-order valence-electron chi connectivity index (χ1n) is 9.01. The summed E-state index contributed by atoms with van der Waals surface area (Å²) in [4.78, 5) is 23.2. The Kier molecular flexibility index (Phi) is 5.75. The number of carbonyl (C=O) groups is 2. The first-order chi connectivity index (χ1) is 12.8. The van der Waals surface area contributed by atoms with Gasteiger partial charge in [0, 0.05) is 16.7 Å². The van der Waals surface area contributed by atoms with Crippen molar-refractivity contribution in [2.45, 2.75) is 26.2 Å². The van der Waals surface area contributed by atoms with Crippen LogP contribution in [-0.4, -0.2) is 12.6 Å². The summed E-state index contributed by atoms with van der Waals surface area (Å²) in [5.74, 6) is 0. The van der Waals surface area contributed by atoms with Gasteiger partial charge in [-0.1, -0.05) is 80.1 Å². The van der Waals surface area contributed by atoms with Crippen LogP contribution < -0.4 is 0 Å². The normalized spacial score (nSPS) is 10.5. The van der Waals surface area contributed by atoms with Crippen LogP contribution in [0.3, 0.4) is 0 Å². The molecule has 3 rings (SSSR count). The smallest absolute Gasteiger partial charge is 0.150 e. The number of unbranched alkanes of at least 4 members (excludes halogenated alkanes) is 1. The molecule has 2 heteroatoms. The number of hydrogen-bond acceptors (Lipinski definition) is 2. The van der Waals surface area contributed by atoms with Gasteiger partial charge in [-0.25, -0.2) is 0 Å². The van der Waals surface area contributed by atoms with Crippen LogP contribution in [0.5, 0.6) is 0 Å². The van der Waals surface area contributed by atoms with E-state index in [2.05, 4.69) is 31.2 Å². The molecule has 0 bridgehead atoms. The molecule has 0 radical (unpaired) electrons. The summed E-state index contributed by atoms with van der Waals surface area (Å²) in [7, 11) is 0. The molecule has 0 heterocycles. The van der Waals surface area contributed by atoms with E-state index in [0.717, 1.165) is 48.5 Å². The van der Waals surface area contributed by atoms with Crippen molar-refractivity contribution in [1.82, 2.24) is 0 Å². The molecule has 0 amide bonds. The summed E-state index contributed by atoms with van der Waals surface area (Å²) in [6.45, 7) is 2.19. The molecule has 130 valence electrons. The van der Waals surface area contributed by atoms with Crippen molar-refractivity contribution in [3.8, 4) is 22.3 Å². The van der Waals surface area contributed by atoms with Crippen LogP contribution in [-0.2, 0) is 6.42 Å². The van der Waals surface area contributed by atoms with Gasteiger partial charge in [-0.2, -0.15) is 0 Å². The Hall–Kier alpha value is -3.00. The molecule has 3 aromatic rings. The topological polar surface area (TPSA) is 34.1 Å². The van der Waals surface area contributed by atoms with Gasteiger partial charge in [0.2, 0.25) is 0 Å². The van der Waals surface area contributed by atoms with Gasteiger partial charge in [-0.3, -0.25) is 9.59 Å². The van der Waals surface area contributed by atoms with Crippen LogP contribution in [0.2, 0.25) is 0 Å². The number of aryl methyl sites for hydroxylation is 1. The molecule has 0 spiro atoms. The van der Waals surface area contributed by atoms with Gasteiger partial charge in [0.05, 0.1) is 0 Å². The molecule has 0 saturated carbocycles. The minimum atomic E-state index is 0.535. The predicted molar refractivity (Wildman–Crippen MR) is 107 cm³/mol. The van der Waals surface area contributed by atoms with Gasteiger partial charge in [0.1, 0.15) is 0 Å². The average molecular weight is 342 g/mol. The Labute approximate surface area is 154 Å². The maximum atomic E-state index is 11.6. The van der Waals surface area contributed by atoms with Crippen LogP contribution in [0.25, 0.3) is 22.3 Å². The van der Waals surface area contributed by atoms with Crippen molar-refractivity contribution in [3.63, 3.8) is 0 Å². The molecule has 0 saturated heterocycles. The van der Waals surface area contributed by atoms with Crippen molar-refractivity contribution in [1.29, 1.82) is 0 Å². The lowest BCUT2D eigenvalue weighted by Crippen LogP contribution is -1.97. The Bertz CT molecular complexity index is 899. The standard InChI is InChI=1S/C24H22O2/c1-2-3-9-18-10-4-5-13-21(18)22-14-6-7-15-23(22)24-19(16-25)11-8-12-20(24)17-26/h4-8,10-17H,2-3,9H2,1H3. The van der Waals surface area contributed by atoms with Gasteiger partial charge in [0.15, 0.2) is 12.6 Å². The van der Waals surface area contributed by atoms with Gasteiger partial charge in [0.25, 0.3) is 0 Å². The van der Waals surface area contributed by atoms with E-state index < -0.39 is 0 Å². The van der Waals surface area contributed by atoms with Crippen molar-refractivity contribution in [3.05, 3.63) is 83.4 Å². The fourth-order valence-electron chi connectivity index (χ4n) is 3.40. The van der Waals surface area contributed by atoms with E-state index in [1.54, 1.807) is 18.2 Å². The lowest BCUT2D eigenvalue weighted by molar-refractivity contribution is 0.112. The fraction of sp³-hybridized carbons (Fsp3) is 0.167. The van der Waals surface area contributed by atoms with Crippen molar-refractivity contribution < 1.29 is 9.59 Å². The molecule has 2 nitrogen and oxygen atoms in total. The molecule has 3 aromatic carbocycles. The maximum Gasteiger partial charge on any atom is 0.150 e. The third kappa shape index (κ3) is 3.50. The molecule has 0 aliphatic heterocycles. The second-order valence-electron chi connectivity index (χ2n) is 6.35. The second-order valence-corrected chi connectivity index (χ2v) is 6.35. The van der Waals surface area contributed by atoms with E-state index in [9.17, 15) is 9.59 Å². The van der Waals surface area contributed by atoms with Gasteiger partial charge >= 0.3 is 0 Å². The van der Waals surface area contributed by atoms with Crippen LogP contribution in [0.15, 0.2) is 66.7 Å². The Balaban J connectivity index is 2.24. The van der Waals surface area contributed by atoms with Crippen LogP contribution in [0, 0.1) is 0 Å². The van der Waals surface area contributed by atoms with Crippen molar-refractivity contribution in [2.75, 3.05) is 0 Å². The first kappa shape index (κ1) is 17.8. The summed E-state index contributed by atoms with van der Waals surface area (Å²) in [6, 6.07) is 21.6. The van der Waals surface area contributed by atoms with Crippen LogP contribution in [0.1, 0.15) is 46.0 Å². The summed E-state index contributed by atoms with van der Waals surface area (Å²) >= 11 is 0. The van der Waals surface area contributed by atoms with Crippen molar-refractivity contribution >= 4 is 12.6 Å². The second kappa shape index (κ2) is 8.39. The van der Waals surface area contributed by atoms with E-state index in [1.807, 2.05) is 24.3 Å². The first-order valence-corrected chi connectivity index (χ1v) is 9.01. The highest BCUT2D eigenvalue weighted by molar-refractivity contribution is 6.00. The maximum absolute atomic E-state index is 11.6. The highest BCUT2D eigenvalue weighted by atomic mass is 16.1. The predicted octanol–water partition coefficient (Wildman–Crippen LogP) is 5.99. The highest BCUT2D eigenvalue weighted by Crippen LogP contribution is 2.37. The molecule has 0 aliphatic rings. The van der Waals surface area contributed by atoms with Gasteiger partial charge < -0.3 is 0 Å². The zero-order valence-corrected chi connectivity index (χ0v) is 14.9. The van der Waals surface area contributed by atoms with Gasteiger partial charge in [-0.15, -0.1) is 0 Å². The minimum Gasteiger partial charge on any atom is -0.298 e. The number of aldehydes is 2. The molecule has 0 unspecified atom stereocenters. The molecular weight excluding hydrogens is 320 g/mol. The van der Waals surface area contributed by atoms with E-state index in [1.165, 1.54) is 5.56 Å². The van der Waals surface area contributed by atoms with Crippen LogP contribution in [0.4, 0.5) is 0 Å². The van der Waals surface area contributed by atoms with Crippen molar-refractivity contribution in [2.24, 2.45) is 0 Å². The van der Waals surface area contributed by atoms with E-state index >= 15 is 0 Å².